The van der Waals surface area contributed by atoms with Gasteiger partial charge in [-0.15, -0.1) is 11.3 Å². The van der Waals surface area contributed by atoms with Gasteiger partial charge in [-0.3, -0.25) is 4.79 Å². The Kier molecular flexibility index (Phi) is 7.05. The number of carbonyl (C=O) groups excluding carboxylic acids is 1. The summed E-state index contributed by atoms with van der Waals surface area (Å²) in [6.07, 6.45) is -0.756. The Morgan fingerprint density at radius 3 is 2.63 bits per heavy atom. The molecule has 0 spiro atoms. The maximum Gasteiger partial charge on any atom is 0.418 e. The van der Waals surface area contributed by atoms with Gasteiger partial charge in [0, 0.05) is 18.6 Å². The summed E-state index contributed by atoms with van der Waals surface area (Å²) in [5.41, 5.74) is 0.0948. The number of hydrogen-bond acceptors (Lipinski definition) is 7. The van der Waals surface area contributed by atoms with E-state index in [4.69, 9.17) is 11.6 Å². The van der Waals surface area contributed by atoms with Crippen molar-refractivity contribution in [3.8, 4) is 5.69 Å². The fourth-order valence-electron chi connectivity index (χ4n) is 3.08. The molecule has 1 unspecified atom stereocenters. The number of amides is 1. The van der Waals surface area contributed by atoms with Crippen LogP contribution in [-0.4, -0.2) is 30.8 Å². The molecule has 0 fully saturated rings. The van der Waals surface area contributed by atoms with E-state index in [2.05, 4.69) is 25.7 Å². The Hall–Kier alpha value is -3.48. The molecule has 3 heterocycles. The molecule has 3 N–H and O–H groups in total. The summed E-state index contributed by atoms with van der Waals surface area (Å²) in [6, 6.07) is 9.53. The highest BCUT2D eigenvalue weighted by Crippen LogP contribution is 2.36. The molecule has 182 valence electrons. The van der Waals surface area contributed by atoms with Gasteiger partial charge in [0.05, 0.1) is 39.0 Å². The normalized spacial score (nSPS) is 13.3. The molecule has 0 bridgehead atoms. The van der Waals surface area contributed by atoms with Gasteiger partial charge in [-0.25, -0.2) is 14.6 Å². The van der Waals surface area contributed by atoms with Crippen LogP contribution in [0.2, 0.25) is 5.02 Å². The quantitative estimate of drug-likeness (QED) is 0.295. The van der Waals surface area contributed by atoms with E-state index in [0.29, 0.717) is 21.5 Å². The summed E-state index contributed by atoms with van der Waals surface area (Å²) in [7, 11) is 0. The zero-order valence-corrected chi connectivity index (χ0v) is 19.6. The summed E-state index contributed by atoms with van der Waals surface area (Å²) in [4.78, 5) is 20.9. The van der Waals surface area contributed by atoms with Crippen molar-refractivity contribution in [3.05, 3.63) is 87.2 Å². The van der Waals surface area contributed by atoms with Gasteiger partial charge in [0.2, 0.25) is 0 Å². The molecule has 0 radical (unpaired) electrons. The lowest BCUT2D eigenvalue weighted by Gasteiger charge is -2.14. The number of rotatable bonds is 7. The third-order valence-electron chi connectivity index (χ3n) is 4.84. The van der Waals surface area contributed by atoms with E-state index in [1.807, 2.05) is 30.3 Å². The van der Waals surface area contributed by atoms with Gasteiger partial charge >= 0.3 is 6.18 Å². The van der Waals surface area contributed by atoms with Gasteiger partial charge < -0.3 is 15.7 Å². The fraction of sp³-hybridized carbons (Fsp3) is 0.182. The number of para-hydroxylation sites is 1. The van der Waals surface area contributed by atoms with Crippen molar-refractivity contribution in [2.24, 2.45) is 0 Å². The number of benzene rings is 1. The first-order chi connectivity index (χ1) is 16.6. The van der Waals surface area contributed by atoms with Gasteiger partial charge in [-0.05, 0) is 25.1 Å². The lowest BCUT2D eigenvalue weighted by molar-refractivity contribution is -0.137. The summed E-state index contributed by atoms with van der Waals surface area (Å²) >= 11 is 6.66. The molecule has 8 nitrogen and oxygen atoms in total. The lowest BCUT2D eigenvalue weighted by atomic mass is 10.2. The molecule has 0 aliphatic heterocycles. The van der Waals surface area contributed by atoms with Crippen LogP contribution in [0.25, 0.3) is 5.69 Å². The molecule has 2 atom stereocenters. The van der Waals surface area contributed by atoms with E-state index >= 15 is 0 Å². The number of aromatic nitrogens is 4. The minimum atomic E-state index is -4.66. The topological polar surface area (TPSA) is 105 Å². The summed E-state index contributed by atoms with van der Waals surface area (Å²) < 4.78 is 40.7. The van der Waals surface area contributed by atoms with Crippen LogP contribution in [0, 0.1) is 0 Å². The maximum absolute atomic E-state index is 13.0. The summed E-state index contributed by atoms with van der Waals surface area (Å²) in [5.74, 6) is -0.568. The third-order valence-corrected chi connectivity index (χ3v) is 6.37. The third kappa shape index (κ3) is 5.78. The van der Waals surface area contributed by atoms with Crippen LogP contribution in [0.3, 0.4) is 0 Å². The van der Waals surface area contributed by atoms with Crippen molar-refractivity contribution < 1.29 is 23.1 Å². The molecule has 1 aromatic carbocycles. The predicted molar refractivity (Wildman–Crippen MR) is 124 cm³/mol. The predicted octanol–water partition coefficient (Wildman–Crippen LogP) is 4.99. The maximum atomic E-state index is 13.0. The number of halogens is 4. The molecule has 3 aromatic heterocycles. The average Bonchev–Trinajstić information content (AvgIpc) is 3.51. The van der Waals surface area contributed by atoms with E-state index in [9.17, 15) is 23.1 Å². The largest absolute Gasteiger partial charge is 0.418 e. The molecule has 4 aromatic rings. The van der Waals surface area contributed by atoms with Crippen LogP contribution < -0.4 is 10.6 Å². The number of nitrogens with zero attached hydrogens (tertiary/aromatic N) is 4. The van der Waals surface area contributed by atoms with E-state index in [1.54, 1.807) is 17.8 Å². The highest BCUT2D eigenvalue weighted by Gasteiger charge is 2.34. The van der Waals surface area contributed by atoms with Crippen molar-refractivity contribution in [1.29, 1.82) is 0 Å². The van der Waals surface area contributed by atoms with Gasteiger partial charge in [0.15, 0.2) is 6.23 Å². The lowest BCUT2D eigenvalue weighted by Crippen LogP contribution is -2.26. The molecule has 0 saturated carbocycles. The van der Waals surface area contributed by atoms with Gasteiger partial charge in [-0.1, -0.05) is 29.8 Å². The van der Waals surface area contributed by atoms with Gasteiger partial charge in [-0.2, -0.15) is 18.3 Å². The van der Waals surface area contributed by atoms with Crippen molar-refractivity contribution >= 4 is 34.7 Å². The SMILES string of the molecule is C[C@@H](NC(=O)c1cnn(-c2ccccc2)c1)c1ncc(C(O)Nc2cc(C(F)(F)F)c(Cl)cn2)s1. The minimum Gasteiger partial charge on any atom is -0.369 e. The molecule has 0 aliphatic carbocycles. The molecule has 0 aliphatic rings. The molecule has 35 heavy (non-hydrogen) atoms. The Balaban J connectivity index is 1.40. The van der Waals surface area contributed by atoms with Gasteiger partial charge in [0.25, 0.3) is 5.91 Å². The highest BCUT2D eigenvalue weighted by molar-refractivity contribution is 7.11. The first-order valence-electron chi connectivity index (χ1n) is 10.2. The molecular formula is C22H18ClF3N6O2S. The average molecular weight is 523 g/mol. The van der Waals surface area contributed by atoms with Crippen LogP contribution in [-0.2, 0) is 6.18 Å². The second-order valence-electron chi connectivity index (χ2n) is 7.40. The van der Waals surface area contributed by atoms with E-state index in [1.165, 1.54) is 12.4 Å². The van der Waals surface area contributed by atoms with Crippen LogP contribution in [0.5, 0.6) is 0 Å². The number of nitrogens with one attached hydrogen (secondary N) is 2. The Morgan fingerprint density at radius 2 is 1.91 bits per heavy atom. The van der Waals surface area contributed by atoms with Crippen molar-refractivity contribution in [1.82, 2.24) is 25.1 Å². The molecule has 1 amide bonds. The van der Waals surface area contributed by atoms with Crippen LogP contribution in [0.4, 0.5) is 19.0 Å². The number of hydrogen-bond donors (Lipinski definition) is 3. The summed E-state index contributed by atoms with van der Waals surface area (Å²) in [6.45, 7) is 1.72. The minimum absolute atomic E-state index is 0.207. The number of aliphatic hydroxyl groups is 1. The Morgan fingerprint density at radius 1 is 1.17 bits per heavy atom. The summed E-state index contributed by atoms with van der Waals surface area (Å²) in [5, 5.41) is 19.9. The Bertz CT molecular complexity index is 1330. The fourth-order valence-corrected chi connectivity index (χ4v) is 4.15. The number of thiazole rings is 1. The number of anilines is 1. The zero-order valence-electron chi connectivity index (χ0n) is 18.0. The van der Waals surface area contributed by atoms with Gasteiger partial charge in [0.1, 0.15) is 10.8 Å². The van der Waals surface area contributed by atoms with E-state index in [-0.39, 0.29) is 11.7 Å². The first-order valence-corrected chi connectivity index (χ1v) is 11.3. The van der Waals surface area contributed by atoms with E-state index < -0.39 is 29.0 Å². The number of carbonyl (C=O) groups is 1. The highest BCUT2D eigenvalue weighted by atomic mass is 35.5. The Labute approximate surface area is 206 Å². The molecular weight excluding hydrogens is 505 g/mol. The zero-order chi connectivity index (χ0) is 25.2. The van der Waals surface area contributed by atoms with Crippen molar-refractivity contribution in [2.75, 3.05) is 5.32 Å². The second kappa shape index (κ2) is 10.0. The number of alkyl halides is 3. The number of aliphatic hydroxyl groups excluding tert-OH is 1. The molecule has 4 rings (SSSR count). The van der Waals surface area contributed by atoms with Crippen molar-refractivity contribution in [3.63, 3.8) is 0 Å². The van der Waals surface area contributed by atoms with Crippen LogP contribution >= 0.6 is 22.9 Å². The molecule has 0 saturated heterocycles. The monoisotopic (exact) mass is 522 g/mol. The standard InChI is InChI=1S/C22H18ClF3N6O2S/c1-12(30-19(33)13-8-29-32(11-13)14-5-3-2-4-6-14)21-28-10-17(35-21)20(34)31-18-7-15(22(24,25)26)16(23)9-27-18/h2-12,20,34H,1H3,(H,27,31)(H,30,33)/t12-,20?/m1/s1. The van der Waals surface area contributed by atoms with Crippen molar-refractivity contribution in [2.45, 2.75) is 25.4 Å². The van der Waals surface area contributed by atoms with Crippen LogP contribution in [0.1, 0.15) is 45.0 Å². The van der Waals surface area contributed by atoms with E-state index in [0.717, 1.165) is 23.2 Å². The second-order valence-corrected chi connectivity index (χ2v) is 8.90. The van der Waals surface area contributed by atoms with Crippen LogP contribution in [0.15, 0.2) is 61.2 Å². The molecule has 13 heteroatoms. The first kappa shape index (κ1) is 24.6. The smallest absolute Gasteiger partial charge is 0.369 e. The number of pyridine rings is 1.